The lowest BCUT2D eigenvalue weighted by Gasteiger charge is -2.20. The van der Waals surface area contributed by atoms with Gasteiger partial charge in [0.05, 0.1) is 11.3 Å². The fourth-order valence-corrected chi connectivity index (χ4v) is 3.51. The molecule has 3 rings (SSSR count). The molecule has 156 valence electrons. The van der Waals surface area contributed by atoms with E-state index in [2.05, 4.69) is 32.2 Å². The largest absolute Gasteiger partial charge is 0.338 e. The van der Waals surface area contributed by atoms with Crippen LogP contribution in [0.2, 0.25) is 0 Å². The molecule has 3 aromatic rings. The summed E-state index contributed by atoms with van der Waals surface area (Å²) in [4.78, 5) is 6.60. The first kappa shape index (κ1) is 21.4. The standard InChI is InChI=1S/C20H27FN6OS/c1-12(26(6)7)16-23-24-19(27(16)15-10-8-14(21)9-11-15)29-13(2)17-22-18(25-28-17)20(3,4)5/h8-13H,1-7H3. The van der Waals surface area contributed by atoms with Crippen LogP contribution in [-0.2, 0) is 5.41 Å². The van der Waals surface area contributed by atoms with Crippen molar-refractivity contribution in [2.75, 3.05) is 14.1 Å². The maximum absolute atomic E-state index is 13.5. The summed E-state index contributed by atoms with van der Waals surface area (Å²) < 4.78 is 20.9. The molecule has 0 spiro atoms. The van der Waals surface area contributed by atoms with Crippen LogP contribution in [0.5, 0.6) is 0 Å². The van der Waals surface area contributed by atoms with E-state index < -0.39 is 0 Å². The van der Waals surface area contributed by atoms with Gasteiger partial charge < -0.3 is 4.52 Å². The zero-order valence-electron chi connectivity index (χ0n) is 17.8. The van der Waals surface area contributed by atoms with Crippen molar-refractivity contribution >= 4 is 11.8 Å². The van der Waals surface area contributed by atoms with Gasteiger partial charge >= 0.3 is 0 Å². The highest BCUT2D eigenvalue weighted by Crippen LogP contribution is 2.36. The molecule has 2 heterocycles. The summed E-state index contributed by atoms with van der Waals surface area (Å²) in [5, 5.41) is 13.5. The number of halogens is 1. The summed E-state index contributed by atoms with van der Waals surface area (Å²) in [5.41, 5.74) is 0.616. The van der Waals surface area contributed by atoms with Gasteiger partial charge in [-0.1, -0.05) is 37.7 Å². The van der Waals surface area contributed by atoms with Crippen molar-refractivity contribution in [2.24, 2.45) is 0 Å². The normalized spacial score (nSPS) is 14.4. The third kappa shape index (κ3) is 4.67. The third-order valence-corrected chi connectivity index (χ3v) is 5.66. The first-order valence-electron chi connectivity index (χ1n) is 9.46. The molecule has 0 fully saturated rings. The Kier molecular flexibility index (Phi) is 6.09. The smallest absolute Gasteiger partial charge is 0.239 e. The van der Waals surface area contributed by atoms with E-state index in [0.29, 0.717) is 16.9 Å². The first-order valence-corrected chi connectivity index (χ1v) is 10.3. The zero-order chi connectivity index (χ0) is 21.3. The lowest BCUT2D eigenvalue weighted by molar-refractivity contribution is 0.305. The molecule has 29 heavy (non-hydrogen) atoms. The van der Waals surface area contributed by atoms with Crippen molar-refractivity contribution in [2.45, 2.75) is 56.5 Å². The van der Waals surface area contributed by atoms with Gasteiger partial charge in [0, 0.05) is 11.1 Å². The van der Waals surface area contributed by atoms with Gasteiger partial charge in [-0.05, 0) is 52.2 Å². The highest BCUT2D eigenvalue weighted by atomic mass is 32.2. The summed E-state index contributed by atoms with van der Waals surface area (Å²) in [5.74, 6) is 1.70. The average Bonchev–Trinajstić information content (AvgIpc) is 3.29. The van der Waals surface area contributed by atoms with Crippen molar-refractivity contribution in [3.63, 3.8) is 0 Å². The molecule has 0 aliphatic heterocycles. The third-order valence-electron chi connectivity index (χ3n) is 4.63. The molecule has 7 nitrogen and oxygen atoms in total. The molecule has 0 radical (unpaired) electrons. The number of benzene rings is 1. The SMILES string of the molecule is CC(Sc1nnc(C(C)N(C)C)n1-c1ccc(F)cc1)c1nc(C(C)(C)C)no1. The number of thioether (sulfide) groups is 1. The van der Waals surface area contributed by atoms with Gasteiger partial charge in [0.1, 0.15) is 5.82 Å². The second-order valence-corrected chi connectivity index (χ2v) is 9.57. The van der Waals surface area contributed by atoms with Crippen LogP contribution in [-0.4, -0.2) is 43.9 Å². The summed E-state index contributed by atoms with van der Waals surface area (Å²) in [6.45, 7) is 10.2. The molecule has 0 N–H and O–H groups in total. The van der Waals surface area contributed by atoms with Crippen molar-refractivity contribution in [1.29, 1.82) is 0 Å². The minimum Gasteiger partial charge on any atom is -0.338 e. The van der Waals surface area contributed by atoms with E-state index in [9.17, 15) is 4.39 Å². The molecule has 0 saturated carbocycles. The molecule has 0 saturated heterocycles. The molecule has 2 unspecified atom stereocenters. The molecule has 2 atom stereocenters. The van der Waals surface area contributed by atoms with Crippen LogP contribution in [0.15, 0.2) is 33.9 Å². The molecule has 9 heteroatoms. The van der Waals surface area contributed by atoms with E-state index >= 15 is 0 Å². The Morgan fingerprint density at radius 1 is 1.10 bits per heavy atom. The molecule has 0 bridgehead atoms. The fourth-order valence-electron chi connectivity index (χ4n) is 2.61. The van der Waals surface area contributed by atoms with Gasteiger partial charge in [0.2, 0.25) is 5.89 Å². The quantitative estimate of drug-likeness (QED) is 0.543. The highest BCUT2D eigenvalue weighted by Gasteiger charge is 2.27. The first-order chi connectivity index (χ1) is 13.6. The molecular weight excluding hydrogens is 391 g/mol. The summed E-state index contributed by atoms with van der Waals surface area (Å²) in [6, 6.07) is 6.34. The van der Waals surface area contributed by atoms with E-state index in [1.165, 1.54) is 23.9 Å². The lowest BCUT2D eigenvalue weighted by Crippen LogP contribution is -2.20. The predicted molar refractivity (Wildman–Crippen MR) is 111 cm³/mol. The summed E-state index contributed by atoms with van der Waals surface area (Å²) in [6.07, 6.45) is 0. The molecule has 0 amide bonds. The highest BCUT2D eigenvalue weighted by molar-refractivity contribution is 7.99. The van der Waals surface area contributed by atoms with E-state index in [1.54, 1.807) is 12.1 Å². The fraction of sp³-hybridized carbons (Fsp3) is 0.500. The van der Waals surface area contributed by atoms with Gasteiger partial charge in [0.25, 0.3) is 0 Å². The molecule has 2 aromatic heterocycles. The summed E-state index contributed by atoms with van der Waals surface area (Å²) >= 11 is 1.48. The van der Waals surface area contributed by atoms with E-state index in [0.717, 1.165) is 11.5 Å². The maximum atomic E-state index is 13.5. The lowest BCUT2D eigenvalue weighted by atomic mass is 9.96. The Bertz CT molecular complexity index is 960. The van der Waals surface area contributed by atoms with Gasteiger partial charge in [-0.25, -0.2) is 4.39 Å². The average molecular weight is 419 g/mol. The Balaban J connectivity index is 1.96. The number of hydrogen-bond acceptors (Lipinski definition) is 7. The van der Waals surface area contributed by atoms with Crippen LogP contribution in [0.25, 0.3) is 5.69 Å². The number of hydrogen-bond donors (Lipinski definition) is 0. The van der Waals surface area contributed by atoms with Gasteiger partial charge in [0.15, 0.2) is 16.8 Å². The monoisotopic (exact) mass is 418 g/mol. The minimum atomic E-state index is -0.285. The topological polar surface area (TPSA) is 72.9 Å². The van der Waals surface area contributed by atoms with E-state index in [1.807, 2.05) is 46.4 Å². The number of rotatable bonds is 6. The number of aromatic nitrogens is 5. The van der Waals surface area contributed by atoms with Crippen LogP contribution in [0.4, 0.5) is 4.39 Å². The number of nitrogens with zero attached hydrogens (tertiary/aromatic N) is 6. The van der Waals surface area contributed by atoms with Crippen LogP contribution < -0.4 is 0 Å². The second-order valence-electron chi connectivity index (χ2n) is 8.26. The van der Waals surface area contributed by atoms with Crippen molar-refractivity contribution < 1.29 is 8.91 Å². The van der Waals surface area contributed by atoms with Gasteiger partial charge in [-0.3, -0.25) is 9.47 Å². The van der Waals surface area contributed by atoms with Crippen LogP contribution in [0.1, 0.15) is 63.4 Å². The molecular formula is C20H27FN6OS. The Labute approximate surface area is 174 Å². The minimum absolute atomic E-state index is 0.0214. The molecule has 0 aliphatic rings. The van der Waals surface area contributed by atoms with E-state index in [4.69, 9.17) is 4.52 Å². The van der Waals surface area contributed by atoms with Crippen LogP contribution >= 0.6 is 11.8 Å². The van der Waals surface area contributed by atoms with Crippen molar-refractivity contribution in [1.82, 2.24) is 29.8 Å². The summed E-state index contributed by atoms with van der Waals surface area (Å²) in [7, 11) is 3.96. The van der Waals surface area contributed by atoms with Crippen LogP contribution in [0.3, 0.4) is 0 Å². The Hall–Kier alpha value is -2.26. The molecule has 1 aromatic carbocycles. The molecule has 0 aliphatic carbocycles. The second kappa shape index (κ2) is 8.23. The van der Waals surface area contributed by atoms with E-state index in [-0.39, 0.29) is 22.5 Å². The van der Waals surface area contributed by atoms with Crippen molar-refractivity contribution in [3.8, 4) is 5.69 Å². The van der Waals surface area contributed by atoms with Crippen LogP contribution in [0, 0.1) is 5.82 Å². The maximum Gasteiger partial charge on any atom is 0.239 e. The van der Waals surface area contributed by atoms with Crippen molar-refractivity contribution in [3.05, 3.63) is 47.6 Å². The Morgan fingerprint density at radius 2 is 1.76 bits per heavy atom. The van der Waals surface area contributed by atoms with Gasteiger partial charge in [-0.15, -0.1) is 10.2 Å². The predicted octanol–water partition coefficient (Wildman–Crippen LogP) is 4.56. The Morgan fingerprint density at radius 3 is 2.31 bits per heavy atom. The van der Waals surface area contributed by atoms with Gasteiger partial charge in [-0.2, -0.15) is 4.98 Å². The zero-order valence-corrected chi connectivity index (χ0v) is 18.7.